The molecule has 0 bridgehead atoms. The first-order valence-corrected chi connectivity index (χ1v) is 18.7. The number of aromatic nitrogens is 2. The van der Waals surface area contributed by atoms with Crippen molar-refractivity contribution < 1.29 is 0 Å². The molecule has 12 rings (SSSR count). The van der Waals surface area contributed by atoms with Gasteiger partial charge in [0.15, 0.2) is 0 Å². The topological polar surface area (TPSA) is 41.6 Å². The van der Waals surface area contributed by atoms with E-state index in [0.29, 0.717) is 5.56 Å². The molecule has 0 spiro atoms. The molecule has 2 heterocycles. The Bertz CT molecular complexity index is 3530. The first kappa shape index (κ1) is 30.0. The Morgan fingerprint density at radius 3 is 1.58 bits per heavy atom. The maximum atomic E-state index is 10.0. The third-order valence-electron chi connectivity index (χ3n) is 11.8. The van der Waals surface area contributed by atoms with Gasteiger partial charge in [0, 0.05) is 39.8 Å². The molecule has 0 saturated carbocycles. The van der Waals surface area contributed by atoms with Crippen LogP contribution in [-0.4, -0.2) is 9.55 Å². The lowest BCUT2D eigenvalue weighted by Gasteiger charge is -2.17. The van der Waals surface area contributed by atoms with Crippen LogP contribution < -0.4 is 0 Å². The van der Waals surface area contributed by atoms with Crippen LogP contribution in [-0.2, 0) is 0 Å². The molecule has 2 aromatic heterocycles. The monoisotopic (exact) mass is 695 g/mol. The summed E-state index contributed by atoms with van der Waals surface area (Å²) in [6.45, 7) is 0. The van der Waals surface area contributed by atoms with Crippen LogP contribution in [0.1, 0.15) is 5.56 Å². The minimum Gasteiger partial charge on any atom is -0.309 e. The highest BCUT2D eigenvalue weighted by Crippen LogP contribution is 2.45. The van der Waals surface area contributed by atoms with Crippen molar-refractivity contribution in [3.05, 3.63) is 182 Å². The average molecular weight is 696 g/mol. The minimum absolute atomic E-state index is 0.701. The molecule has 0 aliphatic rings. The summed E-state index contributed by atoms with van der Waals surface area (Å²) >= 11 is 0. The van der Waals surface area contributed by atoms with Crippen LogP contribution in [0.25, 0.3) is 115 Å². The Kier molecular flexibility index (Phi) is 6.12. The van der Waals surface area contributed by atoms with Crippen molar-refractivity contribution in [1.82, 2.24) is 9.55 Å². The predicted molar refractivity (Wildman–Crippen MR) is 230 cm³/mol. The molecule has 0 aliphatic heterocycles. The van der Waals surface area contributed by atoms with Gasteiger partial charge in [0.1, 0.15) is 0 Å². The molecule has 0 fully saturated rings. The highest BCUT2D eigenvalue weighted by atomic mass is 15.0. The molecule has 0 saturated heterocycles. The van der Waals surface area contributed by atoms with E-state index in [0.717, 1.165) is 33.1 Å². The summed E-state index contributed by atoms with van der Waals surface area (Å²) in [6, 6.07) is 61.8. The van der Waals surface area contributed by atoms with Crippen molar-refractivity contribution in [3.8, 4) is 45.1 Å². The van der Waals surface area contributed by atoms with Gasteiger partial charge >= 0.3 is 0 Å². The molecule has 0 atom stereocenters. The van der Waals surface area contributed by atoms with Crippen molar-refractivity contribution in [2.75, 3.05) is 0 Å². The zero-order valence-electron chi connectivity index (χ0n) is 29.6. The lowest BCUT2D eigenvalue weighted by Crippen LogP contribution is -1.93. The van der Waals surface area contributed by atoms with E-state index in [4.69, 9.17) is 0 Å². The summed E-state index contributed by atoms with van der Waals surface area (Å²) in [4.78, 5) is 4.41. The quantitative estimate of drug-likeness (QED) is 0.172. The third-order valence-corrected chi connectivity index (χ3v) is 11.8. The lowest BCUT2D eigenvalue weighted by atomic mass is 9.87. The molecule has 3 nitrogen and oxygen atoms in total. The molecule has 10 aromatic carbocycles. The van der Waals surface area contributed by atoms with E-state index in [9.17, 15) is 5.26 Å². The number of nitriles is 1. The van der Waals surface area contributed by atoms with E-state index in [2.05, 4.69) is 161 Å². The fraction of sp³-hybridized carbons (Fsp3) is 0. The van der Waals surface area contributed by atoms with Gasteiger partial charge in [0.05, 0.1) is 22.7 Å². The summed E-state index contributed by atoms with van der Waals surface area (Å²) in [5, 5.41) is 24.6. The fourth-order valence-corrected chi connectivity index (χ4v) is 9.37. The van der Waals surface area contributed by atoms with Crippen molar-refractivity contribution in [2.24, 2.45) is 0 Å². The molecule has 0 radical (unpaired) electrons. The van der Waals surface area contributed by atoms with Crippen LogP contribution in [0.4, 0.5) is 0 Å². The molecule has 0 amide bonds. The first-order valence-electron chi connectivity index (χ1n) is 18.7. The normalized spacial score (nSPS) is 12.0. The molecular formula is C52H29N3. The molecular weight excluding hydrogens is 667 g/mol. The Labute approximate surface area is 316 Å². The SMILES string of the molecule is N#Cc1ccc2c3c1ccc1c(-c4ccc5cc(-c6ccc7ccc8c(-c9cccnc9)ccc9ccc6c7c98)ccc5c4)ccc(c13)n2-c1ccccc1. The largest absolute Gasteiger partial charge is 0.309 e. The summed E-state index contributed by atoms with van der Waals surface area (Å²) in [7, 11) is 0. The minimum atomic E-state index is 0.701. The second-order valence-electron chi connectivity index (χ2n) is 14.6. The summed E-state index contributed by atoms with van der Waals surface area (Å²) in [5.74, 6) is 0. The number of para-hydroxylation sites is 1. The van der Waals surface area contributed by atoms with E-state index >= 15 is 0 Å². The van der Waals surface area contributed by atoms with Crippen LogP contribution in [0.3, 0.4) is 0 Å². The van der Waals surface area contributed by atoms with E-state index in [1.807, 2.05) is 30.6 Å². The number of hydrogen-bond acceptors (Lipinski definition) is 2. The van der Waals surface area contributed by atoms with Crippen LogP contribution in [0.5, 0.6) is 0 Å². The van der Waals surface area contributed by atoms with E-state index in [1.165, 1.54) is 81.7 Å². The number of nitrogens with zero attached hydrogens (tertiary/aromatic N) is 3. The van der Waals surface area contributed by atoms with Gasteiger partial charge in [-0.1, -0.05) is 115 Å². The van der Waals surface area contributed by atoms with Gasteiger partial charge in [-0.05, 0) is 125 Å². The summed E-state index contributed by atoms with van der Waals surface area (Å²) in [6.07, 6.45) is 3.78. The highest BCUT2D eigenvalue weighted by molar-refractivity contribution is 6.29. The van der Waals surface area contributed by atoms with Gasteiger partial charge in [-0.25, -0.2) is 0 Å². The smallest absolute Gasteiger partial charge is 0.0998 e. The lowest BCUT2D eigenvalue weighted by molar-refractivity contribution is 1.18. The van der Waals surface area contributed by atoms with E-state index in [1.54, 1.807) is 0 Å². The van der Waals surface area contributed by atoms with Crippen LogP contribution in [0.2, 0.25) is 0 Å². The van der Waals surface area contributed by atoms with Crippen LogP contribution in [0, 0.1) is 11.3 Å². The first-order chi connectivity index (χ1) is 27.2. The maximum Gasteiger partial charge on any atom is 0.0998 e. The second-order valence-corrected chi connectivity index (χ2v) is 14.6. The van der Waals surface area contributed by atoms with Crippen molar-refractivity contribution in [1.29, 1.82) is 5.26 Å². The number of benzene rings is 10. The third kappa shape index (κ3) is 4.22. The molecule has 252 valence electrons. The summed E-state index contributed by atoms with van der Waals surface area (Å²) in [5.41, 5.74) is 11.2. The fourth-order valence-electron chi connectivity index (χ4n) is 9.37. The maximum absolute atomic E-state index is 10.0. The molecule has 12 aromatic rings. The van der Waals surface area contributed by atoms with E-state index in [-0.39, 0.29) is 0 Å². The zero-order valence-corrected chi connectivity index (χ0v) is 29.6. The van der Waals surface area contributed by atoms with Crippen molar-refractivity contribution in [2.45, 2.75) is 0 Å². The van der Waals surface area contributed by atoms with Crippen LogP contribution in [0.15, 0.2) is 176 Å². The number of fused-ring (bicyclic) bond motifs is 1. The standard InChI is InChI=1S/C52H29N3/c53-29-37-16-24-47-51-43(37)21-22-46-41(23-25-48(52(46)51)55(47)39-6-2-1-3-7-39)36-11-9-33-27-35(10-8-34(33)28-36)40-17-12-31-15-20-45-42(38-5-4-26-54-30-38)18-13-32-14-19-44(40)49(31)50(32)45/h1-28,30H. The summed E-state index contributed by atoms with van der Waals surface area (Å²) < 4.78 is 2.33. The number of rotatable bonds is 4. The molecule has 0 N–H and O–H groups in total. The molecule has 0 unspecified atom stereocenters. The Hall–Kier alpha value is -7.54. The van der Waals surface area contributed by atoms with Gasteiger partial charge < -0.3 is 4.57 Å². The Balaban J connectivity index is 1.00. The molecule has 0 aliphatic carbocycles. The Morgan fingerprint density at radius 1 is 0.418 bits per heavy atom. The van der Waals surface area contributed by atoms with Crippen molar-refractivity contribution in [3.63, 3.8) is 0 Å². The van der Waals surface area contributed by atoms with Gasteiger partial charge in [-0.2, -0.15) is 5.26 Å². The molecule has 3 heteroatoms. The zero-order chi connectivity index (χ0) is 36.2. The number of hydrogen-bond donors (Lipinski definition) is 0. The van der Waals surface area contributed by atoms with Gasteiger partial charge in [0.25, 0.3) is 0 Å². The van der Waals surface area contributed by atoms with Gasteiger partial charge in [-0.3, -0.25) is 4.98 Å². The van der Waals surface area contributed by atoms with Gasteiger partial charge in [0.2, 0.25) is 0 Å². The Morgan fingerprint density at radius 2 is 0.945 bits per heavy atom. The van der Waals surface area contributed by atoms with Crippen LogP contribution >= 0.6 is 0 Å². The molecule has 55 heavy (non-hydrogen) atoms. The predicted octanol–water partition coefficient (Wildman–Crippen LogP) is 13.7. The van der Waals surface area contributed by atoms with Crippen molar-refractivity contribution >= 4 is 75.7 Å². The van der Waals surface area contributed by atoms with Gasteiger partial charge in [-0.15, -0.1) is 0 Å². The van der Waals surface area contributed by atoms with E-state index < -0.39 is 0 Å². The highest BCUT2D eigenvalue weighted by Gasteiger charge is 2.21. The second kappa shape index (κ2) is 11.2. The number of pyridine rings is 1. The average Bonchev–Trinajstić information content (AvgIpc) is 3.60.